The Morgan fingerprint density at radius 1 is 1.14 bits per heavy atom. The third kappa shape index (κ3) is 5.79. The van der Waals surface area contributed by atoms with Crippen molar-refractivity contribution in [1.82, 2.24) is 14.7 Å². The molecule has 0 amide bonds. The minimum Gasteiger partial charge on any atom is -0.493 e. The SMILES string of the molecule is CCOc1nn2c(N)[n+](CC(=O)c3cc(OCCCO)c(OC)c(C(C)(C)C)c3)nc2c(CC)c1CC. The first-order valence-corrected chi connectivity index (χ1v) is 12.8. The van der Waals surface area contributed by atoms with Crippen LogP contribution < -0.4 is 24.6 Å². The molecule has 2 aromatic heterocycles. The zero-order valence-corrected chi connectivity index (χ0v) is 23.1. The number of aliphatic hydroxyl groups is 1. The Kier molecular flexibility index (Phi) is 8.96. The van der Waals surface area contributed by atoms with Crippen molar-refractivity contribution in [2.24, 2.45) is 0 Å². The van der Waals surface area contributed by atoms with E-state index >= 15 is 0 Å². The number of rotatable bonds is 12. The van der Waals surface area contributed by atoms with Gasteiger partial charge in [0, 0.05) is 35.3 Å². The highest BCUT2D eigenvalue weighted by Gasteiger charge is 2.28. The fraction of sp³-hybridized carbons (Fsp3) is 0.556. The number of hydrogen-bond acceptors (Lipinski definition) is 8. The number of aromatic nitrogens is 4. The molecule has 0 saturated heterocycles. The monoisotopic (exact) mass is 514 g/mol. The fourth-order valence-corrected chi connectivity index (χ4v) is 4.35. The minimum absolute atomic E-state index is 0.00933. The van der Waals surface area contributed by atoms with Gasteiger partial charge in [0.1, 0.15) is 0 Å². The van der Waals surface area contributed by atoms with Gasteiger partial charge in [-0.3, -0.25) is 10.5 Å². The molecule has 37 heavy (non-hydrogen) atoms. The van der Waals surface area contributed by atoms with Gasteiger partial charge in [0.05, 0.1) is 20.3 Å². The van der Waals surface area contributed by atoms with Gasteiger partial charge >= 0.3 is 5.95 Å². The lowest BCUT2D eigenvalue weighted by Crippen LogP contribution is -2.42. The Morgan fingerprint density at radius 2 is 1.84 bits per heavy atom. The van der Waals surface area contributed by atoms with E-state index in [1.54, 1.807) is 17.7 Å². The van der Waals surface area contributed by atoms with Gasteiger partial charge in [-0.05, 0) is 37.3 Å². The highest BCUT2D eigenvalue weighted by atomic mass is 16.5. The molecular weight excluding hydrogens is 474 g/mol. The summed E-state index contributed by atoms with van der Waals surface area (Å²) in [5.74, 6) is 1.63. The molecular formula is C27H40N5O5+. The lowest BCUT2D eigenvalue weighted by Gasteiger charge is -2.25. The van der Waals surface area contributed by atoms with Gasteiger partial charge in [0.2, 0.25) is 0 Å². The Balaban J connectivity index is 2.07. The quantitative estimate of drug-likeness (QED) is 0.215. The van der Waals surface area contributed by atoms with E-state index < -0.39 is 0 Å². The number of nitrogens with two attached hydrogens (primary N) is 1. The van der Waals surface area contributed by atoms with Crippen LogP contribution in [0.2, 0.25) is 0 Å². The number of ketones is 1. The van der Waals surface area contributed by atoms with Crippen molar-refractivity contribution in [3.8, 4) is 17.4 Å². The third-order valence-electron chi connectivity index (χ3n) is 6.21. The standard InChI is InChI=1S/C27H39N5O5/c1-8-18-19(9-2)25(36-10-3)30-32-24(18)29-31(26(32)28)16-21(34)17-14-20(27(4,5)6)23(35-7)22(15-17)37-13-11-12-33/h14-15,28,33H,8-13,16H2,1-7H3/p+1. The van der Waals surface area contributed by atoms with E-state index in [4.69, 9.17) is 25.1 Å². The Bertz CT molecular complexity index is 1260. The second kappa shape index (κ2) is 11.8. The average molecular weight is 515 g/mol. The Morgan fingerprint density at radius 3 is 2.41 bits per heavy atom. The van der Waals surface area contributed by atoms with Crippen LogP contribution in [-0.4, -0.2) is 52.5 Å². The number of Topliss-reactive ketones (excluding diaryl/α,β-unsaturated/α-hetero) is 1. The number of anilines is 1. The zero-order chi connectivity index (χ0) is 27.3. The van der Waals surface area contributed by atoms with Crippen LogP contribution in [0.5, 0.6) is 17.4 Å². The second-order valence-corrected chi connectivity index (χ2v) is 9.81. The van der Waals surface area contributed by atoms with Crippen LogP contribution in [-0.2, 0) is 24.8 Å². The molecule has 0 aliphatic heterocycles. The number of carbonyl (C=O) groups is 1. The van der Waals surface area contributed by atoms with Gasteiger partial charge in [-0.1, -0.05) is 49.3 Å². The highest BCUT2D eigenvalue weighted by Crippen LogP contribution is 2.40. The summed E-state index contributed by atoms with van der Waals surface area (Å²) >= 11 is 0. The Hall–Kier alpha value is -3.40. The number of ether oxygens (including phenoxy) is 3. The summed E-state index contributed by atoms with van der Waals surface area (Å²) in [7, 11) is 1.58. The Labute approximate surface area is 218 Å². The molecule has 0 aliphatic rings. The van der Waals surface area contributed by atoms with Crippen LogP contribution in [0.25, 0.3) is 5.65 Å². The molecule has 0 radical (unpaired) electrons. The number of aryl methyl sites for hydroxylation is 1. The normalized spacial score (nSPS) is 11.7. The molecule has 10 nitrogen and oxygen atoms in total. The first-order chi connectivity index (χ1) is 17.6. The molecule has 0 unspecified atom stereocenters. The lowest BCUT2D eigenvalue weighted by atomic mass is 9.84. The number of fused-ring (bicyclic) bond motifs is 1. The largest absolute Gasteiger partial charge is 0.493 e. The molecule has 0 aliphatic carbocycles. The number of nitrogens with zero attached hydrogens (tertiary/aromatic N) is 4. The average Bonchev–Trinajstić information content (AvgIpc) is 3.16. The number of hydrogen-bond donors (Lipinski definition) is 2. The van der Waals surface area contributed by atoms with Crippen molar-refractivity contribution < 1.29 is 28.8 Å². The molecule has 0 atom stereocenters. The minimum atomic E-state index is -0.307. The third-order valence-corrected chi connectivity index (χ3v) is 6.21. The van der Waals surface area contributed by atoms with E-state index in [1.807, 2.05) is 40.7 Å². The second-order valence-electron chi connectivity index (χ2n) is 9.81. The van der Waals surface area contributed by atoms with Crippen molar-refractivity contribution in [1.29, 1.82) is 0 Å². The summed E-state index contributed by atoms with van der Waals surface area (Å²) in [5.41, 5.74) is 10.0. The number of methoxy groups -OCH3 is 1. The van der Waals surface area contributed by atoms with Crippen LogP contribution >= 0.6 is 0 Å². The summed E-state index contributed by atoms with van der Waals surface area (Å²) in [4.78, 5) is 13.5. The molecule has 3 N–H and O–H groups in total. The van der Waals surface area contributed by atoms with Crippen molar-refractivity contribution in [3.63, 3.8) is 0 Å². The summed E-state index contributed by atoms with van der Waals surface area (Å²) in [6.45, 7) is 12.9. The number of nitrogen functional groups attached to an aromatic ring is 1. The maximum atomic E-state index is 13.5. The summed E-state index contributed by atoms with van der Waals surface area (Å²) in [5, 5.41) is 18.4. The predicted octanol–water partition coefficient (Wildman–Crippen LogP) is 3.07. The zero-order valence-electron chi connectivity index (χ0n) is 23.1. The highest BCUT2D eigenvalue weighted by molar-refractivity contribution is 5.96. The van der Waals surface area contributed by atoms with Crippen molar-refractivity contribution >= 4 is 17.4 Å². The molecule has 10 heteroatoms. The van der Waals surface area contributed by atoms with E-state index in [9.17, 15) is 4.79 Å². The van der Waals surface area contributed by atoms with Crippen LogP contribution in [0.15, 0.2) is 12.1 Å². The molecule has 202 valence electrons. The van der Waals surface area contributed by atoms with E-state index in [0.717, 1.165) is 29.5 Å². The van der Waals surface area contributed by atoms with Crippen LogP contribution in [0.4, 0.5) is 5.95 Å². The van der Waals surface area contributed by atoms with E-state index in [-0.39, 0.29) is 30.3 Å². The molecule has 0 bridgehead atoms. The van der Waals surface area contributed by atoms with E-state index in [2.05, 4.69) is 17.1 Å². The first-order valence-electron chi connectivity index (χ1n) is 12.8. The van der Waals surface area contributed by atoms with Gasteiger partial charge in [-0.2, -0.15) is 0 Å². The molecule has 0 saturated carbocycles. The van der Waals surface area contributed by atoms with E-state index in [0.29, 0.717) is 48.2 Å². The van der Waals surface area contributed by atoms with Crippen molar-refractivity contribution in [2.75, 3.05) is 32.7 Å². The summed E-state index contributed by atoms with van der Waals surface area (Å²) in [6, 6.07) is 3.52. The smallest absolute Gasteiger partial charge is 0.401 e. The number of aliphatic hydroxyl groups excluding tert-OH is 1. The van der Waals surface area contributed by atoms with Crippen LogP contribution in [0.1, 0.15) is 75.0 Å². The summed E-state index contributed by atoms with van der Waals surface area (Å²) in [6.07, 6.45) is 1.94. The maximum absolute atomic E-state index is 13.5. The topological polar surface area (TPSA) is 125 Å². The first kappa shape index (κ1) is 28.2. The van der Waals surface area contributed by atoms with E-state index in [1.165, 1.54) is 4.68 Å². The molecule has 0 spiro atoms. The van der Waals surface area contributed by atoms with Crippen LogP contribution in [0.3, 0.4) is 0 Å². The maximum Gasteiger partial charge on any atom is 0.401 e. The van der Waals surface area contributed by atoms with Crippen LogP contribution in [0, 0.1) is 0 Å². The van der Waals surface area contributed by atoms with Gasteiger partial charge in [0.25, 0.3) is 11.5 Å². The molecule has 3 aromatic rings. The van der Waals surface area contributed by atoms with Crippen molar-refractivity contribution in [2.45, 2.75) is 72.8 Å². The van der Waals surface area contributed by atoms with Gasteiger partial charge in [0.15, 0.2) is 23.8 Å². The molecule has 0 fully saturated rings. The number of carbonyl (C=O) groups excluding carboxylic acids is 1. The van der Waals surface area contributed by atoms with Gasteiger partial charge in [-0.15, -0.1) is 4.68 Å². The van der Waals surface area contributed by atoms with Gasteiger partial charge in [-0.25, -0.2) is 0 Å². The number of benzene rings is 1. The van der Waals surface area contributed by atoms with Gasteiger partial charge < -0.3 is 19.3 Å². The predicted molar refractivity (Wildman–Crippen MR) is 141 cm³/mol. The lowest BCUT2D eigenvalue weighted by molar-refractivity contribution is -0.723. The summed E-state index contributed by atoms with van der Waals surface area (Å²) < 4.78 is 20.4. The molecule has 3 rings (SSSR count). The van der Waals surface area contributed by atoms with Crippen molar-refractivity contribution in [3.05, 3.63) is 34.4 Å². The molecule has 1 aromatic carbocycles. The fourth-order valence-electron chi connectivity index (χ4n) is 4.35. The molecule has 2 heterocycles.